The number of aryl methyl sites for hydroxylation is 2. The van der Waals surface area contributed by atoms with Gasteiger partial charge >= 0.3 is 0 Å². The highest BCUT2D eigenvalue weighted by molar-refractivity contribution is 6.00. The molecule has 0 saturated carbocycles. The molecule has 2 aromatic heterocycles. The van der Waals surface area contributed by atoms with E-state index < -0.39 is 11.8 Å². The molecule has 0 fully saturated rings. The predicted octanol–water partition coefficient (Wildman–Crippen LogP) is 2.68. The van der Waals surface area contributed by atoms with Crippen LogP contribution in [0.5, 0.6) is 5.75 Å². The third-order valence-electron chi connectivity index (χ3n) is 4.29. The maximum atomic E-state index is 12.3. The van der Waals surface area contributed by atoms with E-state index in [1.165, 1.54) is 0 Å². The number of ether oxygens (including phenoxy) is 1. The van der Waals surface area contributed by atoms with Gasteiger partial charge in [0.05, 0.1) is 18.4 Å². The second-order valence-corrected chi connectivity index (χ2v) is 6.02. The molecular formula is C19H20N4O4. The van der Waals surface area contributed by atoms with Gasteiger partial charge in [-0.3, -0.25) is 25.5 Å². The third kappa shape index (κ3) is 3.69. The number of nitrogens with zero attached hydrogens (tertiary/aromatic N) is 1. The van der Waals surface area contributed by atoms with Gasteiger partial charge in [-0.1, -0.05) is 0 Å². The summed E-state index contributed by atoms with van der Waals surface area (Å²) in [4.78, 5) is 24.6. The van der Waals surface area contributed by atoms with Crippen LogP contribution < -0.4 is 15.6 Å². The molecule has 2 amide bonds. The lowest BCUT2D eigenvalue weighted by molar-refractivity contribution is 0.0842. The number of amides is 2. The van der Waals surface area contributed by atoms with E-state index >= 15 is 0 Å². The van der Waals surface area contributed by atoms with Gasteiger partial charge < -0.3 is 9.15 Å². The quantitative estimate of drug-likeness (QED) is 0.614. The summed E-state index contributed by atoms with van der Waals surface area (Å²) in [6, 6.07) is 8.89. The number of aromatic nitrogens is 2. The number of rotatable bonds is 4. The highest BCUT2D eigenvalue weighted by atomic mass is 16.5. The fraction of sp³-hybridized carbons (Fsp3) is 0.211. The van der Waals surface area contributed by atoms with Crippen LogP contribution in [0.3, 0.4) is 0 Å². The fourth-order valence-corrected chi connectivity index (χ4v) is 2.72. The van der Waals surface area contributed by atoms with Crippen molar-refractivity contribution in [3.05, 3.63) is 58.7 Å². The van der Waals surface area contributed by atoms with E-state index in [0.29, 0.717) is 22.8 Å². The first kappa shape index (κ1) is 18.2. The molecule has 0 saturated heterocycles. The van der Waals surface area contributed by atoms with Crippen LogP contribution in [0.4, 0.5) is 0 Å². The number of furan rings is 1. The summed E-state index contributed by atoms with van der Waals surface area (Å²) in [5.41, 5.74) is 7.57. The number of nitrogens with one attached hydrogen (secondary N) is 3. The zero-order valence-electron chi connectivity index (χ0n) is 15.5. The molecular weight excluding hydrogens is 348 g/mol. The second-order valence-electron chi connectivity index (χ2n) is 6.02. The van der Waals surface area contributed by atoms with Gasteiger partial charge in [0.25, 0.3) is 11.8 Å². The number of aromatic amines is 1. The zero-order valence-corrected chi connectivity index (χ0v) is 15.5. The van der Waals surface area contributed by atoms with Crippen molar-refractivity contribution >= 4 is 11.8 Å². The topological polar surface area (TPSA) is 109 Å². The van der Waals surface area contributed by atoms with Crippen molar-refractivity contribution in [2.24, 2.45) is 0 Å². The number of hydrogen-bond donors (Lipinski definition) is 3. The Morgan fingerprint density at radius 1 is 1.04 bits per heavy atom. The monoisotopic (exact) mass is 368 g/mol. The molecule has 27 heavy (non-hydrogen) atoms. The predicted molar refractivity (Wildman–Crippen MR) is 98.4 cm³/mol. The van der Waals surface area contributed by atoms with Crippen LogP contribution in [0.25, 0.3) is 11.3 Å². The summed E-state index contributed by atoms with van der Waals surface area (Å²) < 4.78 is 10.5. The summed E-state index contributed by atoms with van der Waals surface area (Å²) in [6.45, 7) is 5.27. The third-order valence-corrected chi connectivity index (χ3v) is 4.29. The molecule has 140 valence electrons. The van der Waals surface area contributed by atoms with E-state index in [-0.39, 0.29) is 5.69 Å². The molecule has 0 bridgehead atoms. The second kappa shape index (κ2) is 7.36. The summed E-state index contributed by atoms with van der Waals surface area (Å²) in [5, 5.41) is 6.79. The molecule has 3 N–H and O–H groups in total. The highest BCUT2D eigenvalue weighted by Gasteiger charge is 2.19. The number of hydrazine groups is 1. The number of hydrogen-bond acceptors (Lipinski definition) is 5. The molecule has 1 aromatic carbocycles. The SMILES string of the molecule is COc1ccc(-c2cc(C(=O)NNC(=O)c3c(C)oc(C)c3C)[nH]n2)cc1. The van der Waals surface area contributed by atoms with Gasteiger partial charge in [-0.2, -0.15) is 5.10 Å². The molecule has 0 atom stereocenters. The molecule has 0 aliphatic rings. The van der Waals surface area contributed by atoms with Gasteiger partial charge in [-0.15, -0.1) is 0 Å². The molecule has 0 radical (unpaired) electrons. The number of benzene rings is 1. The van der Waals surface area contributed by atoms with Gasteiger partial charge in [-0.25, -0.2) is 0 Å². The van der Waals surface area contributed by atoms with Crippen LogP contribution in [0.2, 0.25) is 0 Å². The van der Waals surface area contributed by atoms with Crippen molar-refractivity contribution in [2.45, 2.75) is 20.8 Å². The van der Waals surface area contributed by atoms with Gasteiger partial charge in [0.2, 0.25) is 0 Å². The average molecular weight is 368 g/mol. The van der Waals surface area contributed by atoms with Crippen LogP contribution in [0.15, 0.2) is 34.7 Å². The van der Waals surface area contributed by atoms with Crippen molar-refractivity contribution in [1.29, 1.82) is 0 Å². The number of carbonyl (C=O) groups excluding carboxylic acids is 2. The standard InChI is InChI=1S/C19H20N4O4/c1-10-11(2)27-12(3)17(10)19(25)23-22-18(24)16-9-15(20-21-16)13-5-7-14(26-4)8-6-13/h5-9H,1-4H3,(H,20,21)(H,22,24)(H,23,25). The van der Waals surface area contributed by atoms with Crippen molar-refractivity contribution in [3.8, 4) is 17.0 Å². The summed E-state index contributed by atoms with van der Waals surface area (Å²) in [6.07, 6.45) is 0. The van der Waals surface area contributed by atoms with E-state index in [1.807, 2.05) is 24.3 Å². The Labute approximate surface area is 155 Å². The first-order valence-electron chi connectivity index (χ1n) is 8.27. The Morgan fingerprint density at radius 2 is 1.70 bits per heavy atom. The minimum absolute atomic E-state index is 0.220. The van der Waals surface area contributed by atoms with E-state index in [0.717, 1.165) is 16.9 Å². The van der Waals surface area contributed by atoms with Gasteiger partial charge in [-0.05, 0) is 51.1 Å². The van der Waals surface area contributed by atoms with Crippen LogP contribution >= 0.6 is 0 Å². The van der Waals surface area contributed by atoms with Crippen LogP contribution in [0.1, 0.15) is 37.9 Å². The summed E-state index contributed by atoms with van der Waals surface area (Å²) in [5.74, 6) is 0.952. The Morgan fingerprint density at radius 3 is 2.30 bits per heavy atom. The molecule has 3 aromatic rings. The first-order valence-corrected chi connectivity index (χ1v) is 8.27. The lowest BCUT2D eigenvalue weighted by atomic mass is 10.1. The van der Waals surface area contributed by atoms with Crippen LogP contribution in [0, 0.1) is 20.8 Å². The lowest BCUT2D eigenvalue weighted by Gasteiger charge is -2.06. The van der Waals surface area contributed by atoms with E-state index in [2.05, 4.69) is 21.0 Å². The number of carbonyl (C=O) groups is 2. The van der Waals surface area contributed by atoms with Crippen molar-refractivity contribution in [3.63, 3.8) is 0 Å². The molecule has 8 nitrogen and oxygen atoms in total. The van der Waals surface area contributed by atoms with Crippen molar-refractivity contribution in [1.82, 2.24) is 21.0 Å². The maximum Gasteiger partial charge on any atom is 0.287 e. The van der Waals surface area contributed by atoms with E-state index in [1.54, 1.807) is 33.9 Å². The largest absolute Gasteiger partial charge is 0.497 e. The van der Waals surface area contributed by atoms with Crippen LogP contribution in [-0.4, -0.2) is 29.1 Å². The Balaban J connectivity index is 1.66. The Bertz CT molecular complexity index is 986. The number of H-pyrrole nitrogens is 1. The molecule has 0 unspecified atom stereocenters. The van der Waals surface area contributed by atoms with Gasteiger partial charge in [0.15, 0.2) is 0 Å². The van der Waals surface area contributed by atoms with Crippen LogP contribution in [-0.2, 0) is 0 Å². The van der Waals surface area contributed by atoms with E-state index in [9.17, 15) is 9.59 Å². The minimum Gasteiger partial charge on any atom is -0.497 e. The van der Waals surface area contributed by atoms with Crippen molar-refractivity contribution < 1.29 is 18.7 Å². The highest BCUT2D eigenvalue weighted by Crippen LogP contribution is 2.21. The summed E-state index contributed by atoms with van der Waals surface area (Å²) in [7, 11) is 1.59. The minimum atomic E-state index is -0.508. The van der Waals surface area contributed by atoms with Crippen molar-refractivity contribution in [2.75, 3.05) is 7.11 Å². The normalized spacial score (nSPS) is 10.5. The molecule has 8 heteroatoms. The fourth-order valence-electron chi connectivity index (χ4n) is 2.72. The van der Waals surface area contributed by atoms with E-state index in [4.69, 9.17) is 9.15 Å². The average Bonchev–Trinajstić information content (AvgIpc) is 3.25. The molecule has 2 heterocycles. The lowest BCUT2D eigenvalue weighted by Crippen LogP contribution is -2.42. The first-order chi connectivity index (χ1) is 12.9. The molecule has 0 spiro atoms. The van der Waals surface area contributed by atoms with Gasteiger partial charge in [0.1, 0.15) is 23.0 Å². The number of methoxy groups -OCH3 is 1. The molecule has 3 rings (SSSR count). The zero-order chi connectivity index (χ0) is 19.6. The molecule has 0 aliphatic heterocycles. The van der Waals surface area contributed by atoms with Gasteiger partial charge in [0, 0.05) is 11.1 Å². The maximum absolute atomic E-state index is 12.3. The summed E-state index contributed by atoms with van der Waals surface area (Å²) >= 11 is 0. The smallest absolute Gasteiger partial charge is 0.287 e. The Hall–Kier alpha value is -3.55. The molecule has 0 aliphatic carbocycles. The Kier molecular flexibility index (Phi) is 4.98.